The Labute approximate surface area is 95.1 Å². The summed E-state index contributed by atoms with van der Waals surface area (Å²) in [6, 6.07) is 7.89. The van der Waals surface area contributed by atoms with Gasteiger partial charge in [-0.25, -0.2) is 0 Å². The van der Waals surface area contributed by atoms with Crippen LogP contribution in [0.15, 0.2) is 24.3 Å². The molecule has 0 aliphatic carbocycles. The molecule has 1 unspecified atom stereocenters. The lowest BCUT2D eigenvalue weighted by Gasteiger charge is -2.18. The van der Waals surface area contributed by atoms with Crippen LogP contribution in [0, 0.1) is 6.92 Å². The summed E-state index contributed by atoms with van der Waals surface area (Å²) >= 11 is 0. The van der Waals surface area contributed by atoms with E-state index in [-0.39, 0.29) is 6.04 Å². The number of nitrogens with one attached hydrogen (secondary N) is 1. The number of aryl methyl sites for hydroxylation is 1. The standard InChI is InChI=1S/C13H16N2O/c1-9-13(12(8-16)15(2)3)10-6-4-5-7-11(10)14-9/h4-8,12,14H,1-3H3. The average molecular weight is 216 g/mol. The van der Waals surface area contributed by atoms with Crippen LogP contribution in [0.4, 0.5) is 0 Å². The van der Waals surface area contributed by atoms with Crippen LogP contribution in [0.1, 0.15) is 17.3 Å². The van der Waals surface area contributed by atoms with Crippen molar-refractivity contribution in [2.75, 3.05) is 14.1 Å². The van der Waals surface area contributed by atoms with Crippen molar-refractivity contribution in [2.24, 2.45) is 0 Å². The van der Waals surface area contributed by atoms with Crippen LogP contribution in [0.25, 0.3) is 10.9 Å². The predicted molar refractivity (Wildman–Crippen MR) is 65.5 cm³/mol. The third kappa shape index (κ3) is 1.63. The number of fused-ring (bicyclic) bond motifs is 1. The Bertz CT molecular complexity index is 514. The fourth-order valence-electron chi connectivity index (χ4n) is 2.13. The van der Waals surface area contributed by atoms with Gasteiger partial charge in [0.15, 0.2) is 0 Å². The lowest BCUT2D eigenvalue weighted by atomic mass is 10.0. The quantitative estimate of drug-likeness (QED) is 0.799. The molecule has 0 aliphatic heterocycles. The molecule has 0 aliphatic rings. The number of likely N-dealkylation sites (N-methyl/N-ethyl adjacent to an activating group) is 1. The molecule has 1 heterocycles. The van der Waals surface area contributed by atoms with E-state index in [1.54, 1.807) is 0 Å². The van der Waals surface area contributed by atoms with Crippen LogP contribution >= 0.6 is 0 Å². The minimum Gasteiger partial charge on any atom is -0.358 e. The van der Waals surface area contributed by atoms with E-state index >= 15 is 0 Å². The molecule has 3 nitrogen and oxygen atoms in total. The molecule has 16 heavy (non-hydrogen) atoms. The molecule has 84 valence electrons. The monoisotopic (exact) mass is 216 g/mol. The molecular formula is C13H16N2O. The Morgan fingerprint density at radius 3 is 2.62 bits per heavy atom. The van der Waals surface area contributed by atoms with Crippen molar-refractivity contribution in [1.29, 1.82) is 0 Å². The van der Waals surface area contributed by atoms with Crippen molar-refractivity contribution in [1.82, 2.24) is 9.88 Å². The van der Waals surface area contributed by atoms with Crippen LogP contribution in [0.2, 0.25) is 0 Å². The van der Waals surface area contributed by atoms with Gasteiger partial charge in [-0.2, -0.15) is 0 Å². The van der Waals surface area contributed by atoms with Gasteiger partial charge in [0.2, 0.25) is 0 Å². The molecule has 0 fully saturated rings. The largest absolute Gasteiger partial charge is 0.358 e. The highest BCUT2D eigenvalue weighted by Crippen LogP contribution is 2.28. The maximum Gasteiger partial charge on any atom is 0.141 e. The fraction of sp³-hybridized carbons (Fsp3) is 0.308. The first-order valence-corrected chi connectivity index (χ1v) is 5.34. The third-order valence-electron chi connectivity index (χ3n) is 2.92. The number of hydrogen-bond acceptors (Lipinski definition) is 2. The summed E-state index contributed by atoms with van der Waals surface area (Å²) in [5.74, 6) is 0. The zero-order valence-electron chi connectivity index (χ0n) is 9.82. The number of aromatic nitrogens is 1. The van der Waals surface area contributed by atoms with Crippen LogP contribution in [0.3, 0.4) is 0 Å². The Hall–Kier alpha value is -1.61. The van der Waals surface area contributed by atoms with E-state index in [0.29, 0.717) is 0 Å². The Balaban J connectivity index is 2.66. The molecule has 0 radical (unpaired) electrons. The first kappa shape index (κ1) is 10.9. The lowest BCUT2D eigenvalue weighted by Crippen LogP contribution is -2.21. The van der Waals surface area contributed by atoms with Gasteiger partial charge in [0, 0.05) is 22.2 Å². The molecule has 1 aromatic carbocycles. The fourth-order valence-corrected chi connectivity index (χ4v) is 2.13. The third-order valence-corrected chi connectivity index (χ3v) is 2.92. The van der Waals surface area contributed by atoms with Crippen LogP contribution in [0.5, 0.6) is 0 Å². The number of carbonyl (C=O) groups excluding carboxylic acids is 1. The highest BCUT2D eigenvalue weighted by molar-refractivity contribution is 5.87. The highest BCUT2D eigenvalue weighted by atomic mass is 16.1. The number of hydrogen-bond donors (Lipinski definition) is 1. The number of carbonyl (C=O) groups is 1. The second-order valence-corrected chi connectivity index (χ2v) is 4.25. The van der Waals surface area contributed by atoms with E-state index in [1.165, 1.54) is 0 Å². The number of benzene rings is 1. The number of aromatic amines is 1. The second kappa shape index (κ2) is 4.10. The number of para-hydroxylation sites is 1. The minimum absolute atomic E-state index is 0.184. The highest BCUT2D eigenvalue weighted by Gasteiger charge is 2.19. The molecular weight excluding hydrogens is 200 g/mol. The first-order chi connectivity index (χ1) is 7.65. The second-order valence-electron chi connectivity index (χ2n) is 4.25. The van der Waals surface area contributed by atoms with E-state index in [0.717, 1.165) is 28.4 Å². The van der Waals surface area contributed by atoms with Gasteiger partial charge in [0.05, 0.1) is 6.04 Å². The van der Waals surface area contributed by atoms with Crippen molar-refractivity contribution < 1.29 is 4.79 Å². The molecule has 1 aromatic heterocycles. The molecule has 2 rings (SSSR count). The SMILES string of the molecule is Cc1[nH]c2ccccc2c1C(C=O)N(C)C. The molecule has 2 aromatic rings. The van der Waals surface area contributed by atoms with Gasteiger partial charge in [0.1, 0.15) is 6.29 Å². The maximum absolute atomic E-state index is 11.2. The number of aldehydes is 1. The molecule has 0 bridgehead atoms. The van der Waals surface area contributed by atoms with Crippen molar-refractivity contribution in [3.05, 3.63) is 35.5 Å². The molecule has 1 N–H and O–H groups in total. The van der Waals surface area contributed by atoms with Gasteiger partial charge in [-0.05, 0) is 27.1 Å². The Morgan fingerprint density at radius 2 is 2.00 bits per heavy atom. The van der Waals surface area contributed by atoms with Crippen LogP contribution in [-0.2, 0) is 4.79 Å². The van der Waals surface area contributed by atoms with Gasteiger partial charge >= 0.3 is 0 Å². The summed E-state index contributed by atoms with van der Waals surface area (Å²) in [5, 5.41) is 1.13. The Kier molecular flexibility index (Phi) is 2.79. The predicted octanol–water partition coefficient (Wildman–Crippen LogP) is 2.28. The molecule has 0 saturated heterocycles. The van der Waals surface area contributed by atoms with E-state index < -0.39 is 0 Å². The smallest absolute Gasteiger partial charge is 0.141 e. The Morgan fingerprint density at radius 1 is 1.31 bits per heavy atom. The zero-order chi connectivity index (χ0) is 11.7. The van der Waals surface area contributed by atoms with Crippen molar-refractivity contribution in [2.45, 2.75) is 13.0 Å². The molecule has 0 saturated carbocycles. The average Bonchev–Trinajstić information content (AvgIpc) is 2.57. The van der Waals surface area contributed by atoms with E-state index in [9.17, 15) is 4.79 Å². The summed E-state index contributed by atoms with van der Waals surface area (Å²) in [6.45, 7) is 2.01. The molecule has 1 atom stereocenters. The first-order valence-electron chi connectivity index (χ1n) is 5.34. The topological polar surface area (TPSA) is 36.1 Å². The van der Waals surface area contributed by atoms with E-state index in [2.05, 4.69) is 4.98 Å². The minimum atomic E-state index is -0.184. The van der Waals surface area contributed by atoms with Gasteiger partial charge in [-0.3, -0.25) is 4.90 Å². The zero-order valence-corrected chi connectivity index (χ0v) is 9.82. The summed E-state index contributed by atoms with van der Waals surface area (Å²) in [6.07, 6.45) is 0.989. The molecule has 0 spiro atoms. The lowest BCUT2D eigenvalue weighted by molar-refractivity contribution is -0.111. The normalized spacial score (nSPS) is 13.2. The summed E-state index contributed by atoms with van der Waals surface area (Å²) < 4.78 is 0. The summed E-state index contributed by atoms with van der Waals surface area (Å²) in [4.78, 5) is 16.4. The van der Waals surface area contributed by atoms with Crippen LogP contribution < -0.4 is 0 Å². The van der Waals surface area contributed by atoms with Crippen molar-refractivity contribution >= 4 is 17.2 Å². The van der Waals surface area contributed by atoms with Gasteiger partial charge in [-0.1, -0.05) is 18.2 Å². The summed E-state index contributed by atoms with van der Waals surface area (Å²) in [5.41, 5.74) is 3.23. The molecule has 3 heteroatoms. The van der Waals surface area contributed by atoms with Gasteiger partial charge < -0.3 is 9.78 Å². The van der Waals surface area contributed by atoms with Crippen molar-refractivity contribution in [3.8, 4) is 0 Å². The number of H-pyrrole nitrogens is 1. The van der Waals surface area contributed by atoms with Crippen LogP contribution in [-0.4, -0.2) is 30.3 Å². The van der Waals surface area contributed by atoms with Gasteiger partial charge in [0.25, 0.3) is 0 Å². The molecule has 0 amide bonds. The van der Waals surface area contributed by atoms with Gasteiger partial charge in [-0.15, -0.1) is 0 Å². The van der Waals surface area contributed by atoms with Crippen molar-refractivity contribution in [3.63, 3.8) is 0 Å². The van der Waals surface area contributed by atoms with E-state index in [4.69, 9.17) is 0 Å². The summed E-state index contributed by atoms with van der Waals surface area (Å²) in [7, 11) is 3.83. The number of rotatable bonds is 3. The maximum atomic E-state index is 11.2. The number of nitrogens with zero attached hydrogens (tertiary/aromatic N) is 1. The van der Waals surface area contributed by atoms with E-state index in [1.807, 2.05) is 50.2 Å².